The lowest BCUT2D eigenvalue weighted by molar-refractivity contribution is -0.133. The highest BCUT2D eigenvalue weighted by molar-refractivity contribution is 6.28. The highest BCUT2D eigenvalue weighted by Gasteiger charge is 2.31. The number of carbonyl (C=O) groups excluding carboxylic acids is 1. The first-order chi connectivity index (χ1) is 13.6. The van der Waals surface area contributed by atoms with E-state index in [9.17, 15) is 4.79 Å². The topological polar surface area (TPSA) is 72.5 Å². The number of ether oxygens (including phenoxy) is 6. The Morgan fingerprint density at radius 3 is 1.96 bits per heavy atom. The first-order valence-electron chi connectivity index (χ1n) is 8.51. The van der Waals surface area contributed by atoms with E-state index in [-0.39, 0.29) is 6.61 Å². The summed E-state index contributed by atoms with van der Waals surface area (Å²) in [5.41, 5.74) is 2.41. The maximum Gasteiger partial charge on any atom is 0.339 e. The molecule has 28 heavy (non-hydrogen) atoms. The molecule has 0 radical (unpaired) electrons. The van der Waals surface area contributed by atoms with Crippen LogP contribution in [0, 0.1) is 0 Å². The second-order valence-corrected chi connectivity index (χ2v) is 5.91. The van der Waals surface area contributed by atoms with Gasteiger partial charge in [-0.15, -0.1) is 0 Å². The molecule has 2 aromatic carbocycles. The average molecular weight is 386 g/mol. The van der Waals surface area contributed by atoms with Gasteiger partial charge in [-0.1, -0.05) is 0 Å². The second-order valence-electron chi connectivity index (χ2n) is 5.91. The van der Waals surface area contributed by atoms with E-state index in [2.05, 4.69) is 0 Å². The average Bonchev–Trinajstić information content (AvgIpc) is 3.13. The summed E-state index contributed by atoms with van der Waals surface area (Å²) in [5, 5.41) is 0. The zero-order valence-corrected chi connectivity index (χ0v) is 16.5. The van der Waals surface area contributed by atoms with E-state index in [0.717, 1.165) is 5.56 Å². The number of hydrogen-bond donors (Lipinski definition) is 0. The van der Waals surface area contributed by atoms with E-state index in [1.807, 2.05) is 0 Å². The molecule has 1 heterocycles. The van der Waals surface area contributed by atoms with E-state index >= 15 is 0 Å². The first-order valence-corrected chi connectivity index (χ1v) is 8.51. The smallest absolute Gasteiger partial charge is 0.339 e. The molecule has 7 nitrogen and oxygen atoms in total. The maximum atomic E-state index is 12.6. The van der Waals surface area contributed by atoms with Gasteiger partial charge in [0.1, 0.15) is 18.1 Å². The fourth-order valence-corrected chi connectivity index (χ4v) is 3.17. The fraction of sp³-hybridized carbons (Fsp3) is 0.286. The molecule has 0 bridgehead atoms. The van der Waals surface area contributed by atoms with Crippen LogP contribution >= 0.6 is 0 Å². The monoisotopic (exact) mass is 386 g/mol. The van der Waals surface area contributed by atoms with Crippen molar-refractivity contribution < 1.29 is 33.2 Å². The Hall–Kier alpha value is -3.35. The van der Waals surface area contributed by atoms with Gasteiger partial charge in [0, 0.05) is 11.1 Å². The molecule has 0 N–H and O–H groups in total. The molecule has 1 aliphatic rings. The van der Waals surface area contributed by atoms with Gasteiger partial charge in [0.2, 0.25) is 5.75 Å². The number of carbonyl (C=O) groups is 1. The molecule has 0 fully saturated rings. The van der Waals surface area contributed by atoms with Crippen molar-refractivity contribution in [3.8, 4) is 28.7 Å². The van der Waals surface area contributed by atoms with Crippen LogP contribution in [0.25, 0.3) is 11.1 Å². The lowest BCUT2D eigenvalue weighted by Gasteiger charge is -2.15. The summed E-state index contributed by atoms with van der Waals surface area (Å²) in [4.78, 5) is 12.6. The van der Waals surface area contributed by atoms with Crippen LogP contribution in [0.2, 0.25) is 0 Å². The number of methoxy groups -OCH3 is 5. The Morgan fingerprint density at radius 1 is 0.786 bits per heavy atom. The van der Waals surface area contributed by atoms with Crippen molar-refractivity contribution in [2.24, 2.45) is 0 Å². The normalized spacial score (nSPS) is 13.2. The third-order valence-electron chi connectivity index (χ3n) is 4.54. The van der Waals surface area contributed by atoms with Crippen LogP contribution < -0.4 is 23.7 Å². The van der Waals surface area contributed by atoms with Gasteiger partial charge in [0.25, 0.3) is 0 Å². The van der Waals surface area contributed by atoms with Crippen molar-refractivity contribution in [2.45, 2.75) is 0 Å². The molecule has 2 aromatic rings. The molecule has 0 spiro atoms. The third-order valence-corrected chi connectivity index (χ3v) is 4.54. The van der Waals surface area contributed by atoms with Crippen molar-refractivity contribution >= 4 is 17.1 Å². The molecule has 0 saturated heterocycles. The van der Waals surface area contributed by atoms with Gasteiger partial charge in [0.05, 0.1) is 41.1 Å². The summed E-state index contributed by atoms with van der Waals surface area (Å²) in [6, 6.07) is 8.83. The summed E-state index contributed by atoms with van der Waals surface area (Å²) in [5.74, 6) is 2.16. The van der Waals surface area contributed by atoms with Crippen LogP contribution in [-0.2, 0) is 9.53 Å². The van der Waals surface area contributed by atoms with Crippen molar-refractivity contribution in [1.82, 2.24) is 0 Å². The number of hydrogen-bond acceptors (Lipinski definition) is 7. The van der Waals surface area contributed by atoms with Crippen molar-refractivity contribution in [3.63, 3.8) is 0 Å². The maximum absolute atomic E-state index is 12.6. The lowest BCUT2D eigenvalue weighted by Crippen LogP contribution is -2.02. The van der Waals surface area contributed by atoms with Crippen LogP contribution in [0.5, 0.6) is 28.7 Å². The van der Waals surface area contributed by atoms with Crippen molar-refractivity contribution in [2.75, 3.05) is 42.2 Å². The van der Waals surface area contributed by atoms with E-state index in [1.54, 1.807) is 44.6 Å². The van der Waals surface area contributed by atoms with Crippen molar-refractivity contribution in [1.29, 1.82) is 0 Å². The Morgan fingerprint density at radius 2 is 1.43 bits per heavy atom. The second kappa shape index (κ2) is 8.12. The van der Waals surface area contributed by atoms with Crippen LogP contribution in [0.3, 0.4) is 0 Å². The van der Waals surface area contributed by atoms with E-state index < -0.39 is 5.97 Å². The SMILES string of the molecule is COc1ccc(OC)c(C2=C(c3cc(OC)c(OC)c(OC)c3)COC2=O)c1. The molecule has 0 aliphatic carbocycles. The van der Waals surface area contributed by atoms with Crippen LogP contribution in [0.1, 0.15) is 11.1 Å². The Kier molecular flexibility index (Phi) is 5.63. The molecule has 1 aliphatic heterocycles. The molecule has 0 saturated carbocycles. The molecule has 148 valence electrons. The standard InChI is InChI=1S/C21H22O7/c1-23-13-6-7-16(24-2)14(10-13)19-15(11-28-21(19)22)12-8-17(25-3)20(27-5)18(9-12)26-4/h6-10H,11H2,1-5H3. The van der Waals surface area contributed by atoms with E-state index in [4.69, 9.17) is 28.4 Å². The molecular formula is C21H22O7. The van der Waals surface area contributed by atoms with E-state index in [0.29, 0.717) is 45.5 Å². The van der Waals surface area contributed by atoms with Gasteiger partial charge in [0.15, 0.2) is 11.5 Å². The van der Waals surface area contributed by atoms with Crippen LogP contribution in [0.15, 0.2) is 30.3 Å². The van der Waals surface area contributed by atoms with Gasteiger partial charge in [-0.25, -0.2) is 4.79 Å². The summed E-state index contributed by atoms with van der Waals surface area (Å²) in [6.07, 6.45) is 0. The van der Waals surface area contributed by atoms with Gasteiger partial charge in [-0.05, 0) is 35.9 Å². The van der Waals surface area contributed by atoms with Crippen LogP contribution in [0.4, 0.5) is 0 Å². The number of benzene rings is 2. The lowest BCUT2D eigenvalue weighted by atomic mass is 9.95. The van der Waals surface area contributed by atoms with E-state index in [1.165, 1.54) is 21.3 Å². The highest BCUT2D eigenvalue weighted by atomic mass is 16.5. The fourth-order valence-electron chi connectivity index (χ4n) is 3.17. The zero-order valence-electron chi connectivity index (χ0n) is 16.5. The molecule has 0 atom stereocenters. The highest BCUT2D eigenvalue weighted by Crippen LogP contribution is 2.44. The number of cyclic esters (lactones) is 1. The minimum Gasteiger partial charge on any atom is -0.497 e. The first kappa shape index (κ1) is 19.4. The minimum absolute atomic E-state index is 0.118. The molecule has 0 amide bonds. The van der Waals surface area contributed by atoms with Gasteiger partial charge < -0.3 is 28.4 Å². The van der Waals surface area contributed by atoms with Crippen molar-refractivity contribution in [3.05, 3.63) is 41.5 Å². The minimum atomic E-state index is -0.435. The zero-order chi connectivity index (χ0) is 20.3. The largest absolute Gasteiger partial charge is 0.497 e. The Labute approximate surface area is 163 Å². The summed E-state index contributed by atoms with van der Waals surface area (Å²) < 4.78 is 32.3. The summed E-state index contributed by atoms with van der Waals surface area (Å²) in [6.45, 7) is 0.118. The summed E-state index contributed by atoms with van der Waals surface area (Å²) >= 11 is 0. The van der Waals surface area contributed by atoms with Crippen LogP contribution in [-0.4, -0.2) is 48.1 Å². The quantitative estimate of drug-likeness (QED) is 0.677. The van der Waals surface area contributed by atoms with Gasteiger partial charge >= 0.3 is 5.97 Å². The predicted molar refractivity (Wildman–Crippen MR) is 103 cm³/mol. The third kappa shape index (κ3) is 3.31. The summed E-state index contributed by atoms with van der Waals surface area (Å²) in [7, 11) is 7.72. The molecule has 3 rings (SSSR count). The number of esters is 1. The van der Waals surface area contributed by atoms with Gasteiger partial charge in [-0.2, -0.15) is 0 Å². The Bertz CT molecular complexity index is 905. The number of rotatable bonds is 7. The molecular weight excluding hydrogens is 364 g/mol. The molecule has 0 unspecified atom stereocenters. The predicted octanol–water partition coefficient (Wildman–Crippen LogP) is 3.20. The van der Waals surface area contributed by atoms with Gasteiger partial charge in [-0.3, -0.25) is 0 Å². The molecule has 0 aromatic heterocycles. The molecule has 7 heteroatoms. The Balaban J connectivity index is 2.25.